The van der Waals surface area contributed by atoms with E-state index in [4.69, 9.17) is 5.11 Å². The highest BCUT2D eigenvalue weighted by atomic mass is 32.2. The molecule has 0 amide bonds. The third-order valence-electron chi connectivity index (χ3n) is 4.67. The van der Waals surface area contributed by atoms with Crippen molar-refractivity contribution in [1.29, 1.82) is 0 Å². The van der Waals surface area contributed by atoms with Crippen LogP contribution in [0.2, 0.25) is 0 Å². The van der Waals surface area contributed by atoms with E-state index in [1.54, 1.807) is 13.0 Å². The average Bonchev–Trinajstić information content (AvgIpc) is 3.38. The monoisotopic (exact) mass is 400 g/mol. The molecule has 3 N–H and O–H groups in total. The molecular weight excluding hydrogens is 381 g/mol. The Morgan fingerprint density at radius 3 is 2.33 bits per heavy atom. The molecule has 2 aromatic carbocycles. The van der Waals surface area contributed by atoms with Crippen molar-refractivity contribution >= 4 is 27.1 Å². The van der Waals surface area contributed by atoms with Crippen LogP contribution in [0.3, 0.4) is 0 Å². The molecule has 0 bridgehead atoms. The molecule has 1 fully saturated rings. The van der Waals surface area contributed by atoms with Crippen molar-refractivity contribution in [1.82, 2.24) is 0 Å². The molecule has 0 heterocycles. The SMILES string of the molecule is Cc1ccc(Nc2c(NS(=O)(=O)C3(CCO)CC3)ccc(F)c2F)c(F)c1. The fourth-order valence-electron chi connectivity index (χ4n) is 2.86. The lowest BCUT2D eigenvalue weighted by Crippen LogP contribution is -2.31. The molecule has 1 saturated carbocycles. The molecule has 0 saturated heterocycles. The fourth-order valence-corrected chi connectivity index (χ4v) is 4.54. The number of nitrogens with one attached hydrogen (secondary N) is 2. The number of anilines is 3. The van der Waals surface area contributed by atoms with Gasteiger partial charge in [-0.15, -0.1) is 0 Å². The van der Waals surface area contributed by atoms with Crippen LogP contribution in [-0.2, 0) is 10.0 Å². The van der Waals surface area contributed by atoms with Crippen molar-refractivity contribution in [2.75, 3.05) is 16.6 Å². The van der Waals surface area contributed by atoms with Crippen molar-refractivity contribution in [2.45, 2.75) is 30.9 Å². The molecule has 27 heavy (non-hydrogen) atoms. The molecule has 0 spiro atoms. The van der Waals surface area contributed by atoms with Gasteiger partial charge in [-0.3, -0.25) is 4.72 Å². The fraction of sp³-hybridized carbons (Fsp3) is 0.333. The van der Waals surface area contributed by atoms with Gasteiger partial charge < -0.3 is 10.4 Å². The second-order valence-electron chi connectivity index (χ2n) is 6.65. The van der Waals surface area contributed by atoms with E-state index < -0.39 is 37.9 Å². The Morgan fingerprint density at radius 1 is 1.07 bits per heavy atom. The Bertz CT molecular complexity index is 976. The zero-order valence-electron chi connectivity index (χ0n) is 14.5. The summed E-state index contributed by atoms with van der Waals surface area (Å²) in [7, 11) is -3.96. The maximum absolute atomic E-state index is 14.4. The van der Waals surface area contributed by atoms with Gasteiger partial charge in [0.15, 0.2) is 11.6 Å². The summed E-state index contributed by atoms with van der Waals surface area (Å²) < 4.78 is 68.6. The van der Waals surface area contributed by atoms with E-state index in [1.807, 2.05) is 0 Å². The summed E-state index contributed by atoms with van der Waals surface area (Å²) in [6.07, 6.45) is 0.769. The van der Waals surface area contributed by atoms with E-state index in [0.29, 0.717) is 18.4 Å². The number of hydrogen-bond acceptors (Lipinski definition) is 4. The topological polar surface area (TPSA) is 78.4 Å². The minimum atomic E-state index is -3.96. The summed E-state index contributed by atoms with van der Waals surface area (Å²) in [6.45, 7) is 1.36. The zero-order valence-corrected chi connectivity index (χ0v) is 15.3. The first-order chi connectivity index (χ1) is 12.7. The Balaban J connectivity index is 1.98. The number of sulfonamides is 1. The molecule has 0 atom stereocenters. The molecule has 0 aromatic heterocycles. The highest BCUT2D eigenvalue weighted by Crippen LogP contribution is 2.47. The summed E-state index contributed by atoms with van der Waals surface area (Å²) in [5.41, 5.74) is -0.236. The van der Waals surface area contributed by atoms with E-state index in [9.17, 15) is 21.6 Å². The standard InChI is InChI=1S/C18H19F3N2O3S/c1-11-2-4-14(13(20)10-11)22-17-15(5-3-12(19)16(17)21)23-27(25,26)18(6-7-18)8-9-24/h2-5,10,22-24H,6-9H2,1H3. The Morgan fingerprint density at radius 2 is 1.74 bits per heavy atom. The lowest BCUT2D eigenvalue weighted by Gasteiger charge is -2.20. The first kappa shape index (κ1) is 19.5. The summed E-state index contributed by atoms with van der Waals surface area (Å²) >= 11 is 0. The molecule has 1 aliphatic carbocycles. The Kier molecular flexibility index (Phi) is 5.09. The minimum absolute atomic E-state index is 0.0430. The molecule has 0 radical (unpaired) electrons. The second kappa shape index (κ2) is 7.05. The molecule has 1 aliphatic rings. The van der Waals surface area contributed by atoms with Crippen LogP contribution in [-0.4, -0.2) is 24.9 Å². The quantitative estimate of drug-likeness (QED) is 0.660. The molecule has 9 heteroatoms. The lowest BCUT2D eigenvalue weighted by atomic mass is 10.2. The van der Waals surface area contributed by atoms with E-state index in [0.717, 1.165) is 12.1 Å². The van der Waals surface area contributed by atoms with Gasteiger partial charge in [0.1, 0.15) is 11.5 Å². The van der Waals surface area contributed by atoms with Crippen molar-refractivity contribution in [3.63, 3.8) is 0 Å². The van der Waals surface area contributed by atoms with Gasteiger partial charge in [-0.25, -0.2) is 21.6 Å². The Labute approximate surface area is 155 Å². The van der Waals surface area contributed by atoms with Gasteiger partial charge in [-0.2, -0.15) is 0 Å². The molecule has 0 aliphatic heterocycles. The Hall–Kier alpha value is -2.26. The van der Waals surface area contributed by atoms with Crippen molar-refractivity contribution < 1.29 is 26.7 Å². The maximum Gasteiger partial charge on any atom is 0.238 e. The van der Waals surface area contributed by atoms with Crippen LogP contribution in [0.25, 0.3) is 0 Å². The van der Waals surface area contributed by atoms with Crippen LogP contribution in [0.1, 0.15) is 24.8 Å². The predicted molar refractivity (Wildman–Crippen MR) is 97.0 cm³/mol. The number of rotatable bonds is 7. The molecular formula is C18H19F3N2O3S. The number of aryl methyl sites for hydroxylation is 1. The van der Waals surface area contributed by atoms with E-state index >= 15 is 0 Å². The number of benzene rings is 2. The van der Waals surface area contributed by atoms with Crippen LogP contribution in [0.4, 0.5) is 30.2 Å². The van der Waals surface area contributed by atoms with E-state index in [2.05, 4.69) is 10.0 Å². The van der Waals surface area contributed by atoms with Crippen LogP contribution in [0, 0.1) is 24.4 Å². The van der Waals surface area contributed by atoms with Crippen molar-refractivity contribution in [2.24, 2.45) is 0 Å². The number of hydrogen-bond donors (Lipinski definition) is 3. The van der Waals surface area contributed by atoms with E-state index in [1.165, 1.54) is 12.1 Å². The highest BCUT2D eigenvalue weighted by Gasteiger charge is 2.54. The van der Waals surface area contributed by atoms with Gasteiger partial charge in [0.2, 0.25) is 10.0 Å². The van der Waals surface area contributed by atoms with Crippen molar-refractivity contribution in [3.8, 4) is 0 Å². The van der Waals surface area contributed by atoms with Crippen molar-refractivity contribution in [3.05, 3.63) is 53.3 Å². The van der Waals surface area contributed by atoms with Gasteiger partial charge >= 0.3 is 0 Å². The van der Waals surface area contributed by atoms with Crippen LogP contribution in [0.15, 0.2) is 30.3 Å². The van der Waals surface area contributed by atoms with Gasteiger partial charge in [-0.05, 0) is 56.0 Å². The molecule has 3 rings (SSSR count). The van der Waals surface area contributed by atoms with Gasteiger partial charge in [0.25, 0.3) is 0 Å². The summed E-state index contributed by atoms with van der Waals surface area (Å²) in [6, 6.07) is 5.99. The van der Waals surface area contributed by atoms with Crippen LogP contribution >= 0.6 is 0 Å². The minimum Gasteiger partial charge on any atom is -0.396 e. The second-order valence-corrected chi connectivity index (χ2v) is 8.73. The number of aliphatic hydroxyl groups is 1. The molecule has 146 valence electrons. The highest BCUT2D eigenvalue weighted by molar-refractivity contribution is 7.94. The summed E-state index contributed by atoms with van der Waals surface area (Å²) in [5, 5.41) is 11.5. The third-order valence-corrected chi connectivity index (χ3v) is 6.91. The molecule has 0 unspecified atom stereocenters. The first-order valence-corrected chi connectivity index (χ1v) is 9.82. The summed E-state index contributed by atoms with van der Waals surface area (Å²) in [4.78, 5) is 0. The largest absolute Gasteiger partial charge is 0.396 e. The third kappa shape index (κ3) is 3.74. The summed E-state index contributed by atoms with van der Waals surface area (Å²) in [5.74, 6) is -3.22. The normalized spacial score (nSPS) is 15.4. The lowest BCUT2D eigenvalue weighted by molar-refractivity contribution is 0.283. The predicted octanol–water partition coefficient (Wildman–Crippen LogP) is 3.81. The van der Waals surface area contributed by atoms with E-state index in [-0.39, 0.29) is 24.4 Å². The van der Waals surface area contributed by atoms with Crippen LogP contribution < -0.4 is 10.0 Å². The molecule has 2 aromatic rings. The number of aliphatic hydroxyl groups excluding tert-OH is 1. The molecule has 5 nitrogen and oxygen atoms in total. The first-order valence-electron chi connectivity index (χ1n) is 8.33. The van der Waals surface area contributed by atoms with Crippen LogP contribution in [0.5, 0.6) is 0 Å². The van der Waals surface area contributed by atoms with Gasteiger partial charge in [0.05, 0.1) is 16.1 Å². The van der Waals surface area contributed by atoms with Gasteiger partial charge in [-0.1, -0.05) is 6.07 Å². The maximum atomic E-state index is 14.4. The number of halogens is 3. The smallest absolute Gasteiger partial charge is 0.238 e. The average molecular weight is 400 g/mol. The zero-order chi connectivity index (χ0) is 19.8. The van der Waals surface area contributed by atoms with Gasteiger partial charge in [0, 0.05) is 6.61 Å².